The van der Waals surface area contributed by atoms with Gasteiger partial charge in [0, 0.05) is 0 Å². The normalized spacial score (nSPS) is 72.4. The fraction of sp³-hybridized carbons (Fsp3) is 0.857. The minimum Gasteiger partial charge on any atom is -0.0837 e. The van der Waals surface area contributed by atoms with Crippen molar-refractivity contribution in [3.63, 3.8) is 0 Å². The maximum absolute atomic E-state index is 2.57. The summed E-state index contributed by atoms with van der Waals surface area (Å²) < 4.78 is 0. The molecule has 3 saturated carbocycles. The first kappa shape index (κ1) is 7.96. The Morgan fingerprint density at radius 3 is 2.57 bits per heavy atom. The van der Waals surface area contributed by atoms with Crippen LogP contribution in [0.5, 0.6) is 0 Å². The SMILES string of the molecule is CC1CC2(C)CC1C1C2C2C=CC21C. The number of fused-ring (bicyclic) bond motifs is 8. The average Bonchev–Trinajstić information content (AvgIpc) is 2.52. The van der Waals surface area contributed by atoms with E-state index in [1.807, 2.05) is 0 Å². The summed E-state index contributed by atoms with van der Waals surface area (Å²) in [4.78, 5) is 0. The van der Waals surface area contributed by atoms with Crippen molar-refractivity contribution >= 4 is 0 Å². The van der Waals surface area contributed by atoms with E-state index in [0.717, 1.165) is 35.0 Å². The lowest BCUT2D eigenvalue weighted by molar-refractivity contribution is -0.138. The van der Waals surface area contributed by atoms with Gasteiger partial charge in [0.25, 0.3) is 0 Å². The van der Waals surface area contributed by atoms with Gasteiger partial charge in [-0.15, -0.1) is 0 Å². The van der Waals surface area contributed by atoms with Crippen LogP contribution in [0.25, 0.3) is 0 Å². The number of rotatable bonds is 0. The van der Waals surface area contributed by atoms with Crippen LogP contribution >= 0.6 is 0 Å². The van der Waals surface area contributed by atoms with Gasteiger partial charge in [-0.1, -0.05) is 32.9 Å². The molecule has 7 unspecified atom stereocenters. The Balaban J connectivity index is 1.82. The van der Waals surface area contributed by atoms with Crippen LogP contribution in [0.15, 0.2) is 12.2 Å². The summed E-state index contributed by atoms with van der Waals surface area (Å²) in [5, 5.41) is 0. The zero-order chi connectivity index (χ0) is 9.72. The first-order chi connectivity index (χ1) is 6.56. The third kappa shape index (κ3) is 0.547. The van der Waals surface area contributed by atoms with Gasteiger partial charge in [-0.3, -0.25) is 0 Å². The zero-order valence-corrected chi connectivity index (χ0v) is 9.46. The second-order valence-corrected chi connectivity index (χ2v) is 7.01. The fourth-order valence-electron chi connectivity index (χ4n) is 5.90. The first-order valence-corrected chi connectivity index (χ1v) is 6.26. The molecule has 0 aromatic heterocycles. The summed E-state index contributed by atoms with van der Waals surface area (Å²) in [6, 6.07) is 0. The summed E-state index contributed by atoms with van der Waals surface area (Å²) in [6.07, 6.45) is 8.06. The minimum absolute atomic E-state index is 0.641. The molecule has 3 fully saturated rings. The number of hydrogen-bond donors (Lipinski definition) is 0. The summed E-state index contributed by atoms with van der Waals surface area (Å²) >= 11 is 0. The molecule has 76 valence electrons. The van der Waals surface area contributed by atoms with E-state index in [0.29, 0.717) is 5.41 Å². The van der Waals surface area contributed by atoms with Crippen LogP contribution in [-0.4, -0.2) is 0 Å². The Morgan fingerprint density at radius 2 is 1.93 bits per heavy atom. The molecular formula is C14H20. The van der Waals surface area contributed by atoms with E-state index in [-0.39, 0.29) is 0 Å². The van der Waals surface area contributed by atoms with E-state index in [2.05, 4.69) is 32.9 Å². The van der Waals surface area contributed by atoms with Crippen molar-refractivity contribution < 1.29 is 0 Å². The largest absolute Gasteiger partial charge is 0.0837 e. The zero-order valence-electron chi connectivity index (χ0n) is 9.46. The molecule has 4 aliphatic carbocycles. The first-order valence-electron chi connectivity index (χ1n) is 6.26. The molecule has 0 radical (unpaired) electrons. The van der Waals surface area contributed by atoms with Crippen LogP contribution in [0.3, 0.4) is 0 Å². The van der Waals surface area contributed by atoms with Gasteiger partial charge >= 0.3 is 0 Å². The van der Waals surface area contributed by atoms with Crippen LogP contribution in [0, 0.1) is 40.4 Å². The molecule has 0 heteroatoms. The smallest absolute Gasteiger partial charge is 0.00467 e. The Kier molecular flexibility index (Phi) is 1.06. The fourth-order valence-corrected chi connectivity index (χ4v) is 5.90. The standard InChI is InChI=1S/C14H20/c1-8-6-13(2)7-9(8)11-12(13)10-4-5-14(10,11)3/h4-5,8-12H,6-7H2,1-3H3. The molecule has 0 aliphatic heterocycles. The van der Waals surface area contributed by atoms with E-state index < -0.39 is 0 Å². The van der Waals surface area contributed by atoms with Gasteiger partial charge in [-0.2, -0.15) is 0 Å². The van der Waals surface area contributed by atoms with Crippen molar-refractivity contribution in [3.05, 3.63) is 12.2 Å². The quantitative estimate of drug-likeness (QED) is 0.510. The molecule has 0 aromatic rings. The lowest BCUT2D eigenvalue weighted by Gasteiger charge is -2.67. The Morgan fingerprint density at radius 1 is 1.14 bits per heavy atom. The Hall–Kier alpha value is -0.260. The highest BCUT2D eigenvalue weighted by molar-refractivity contribution is 5.35. The maximum Gasteiger partial charge on any atom is -0.00467 e. The Bertz CT molecular complexity index is 342. The summed E-state index contributed by atoms with van der Waals surface area (Å²) in [7, 11) is 0. The van der Waals surface area contributed by atoms with Crippen LogP contribution < -0.4 is 0 Å². The van der Waals surface area contributed by atoms with E-state index in [1.165, 1.54) is 12.8 Å². The van der Waals surface area contributed by atoms with Crippen LogP contribution in [0.4, 0.5) is 0 Å². The summed E-state index contributed by atoms with van der Waals surface area (Å²) in [5.74, 6) is 5.17. The van der Waals surface area contributed by atoms with Gasteiger partial charge in [-0.05, 0) is 53.3 Å². The van der Waals surface area contributed by atoms with E-state index >= 15 is 0 Å². The van der Waals surface area contributed by atoms with Crippen LogP contribution in [0.1, 0.15) is 33.6 Å². The predicted molar refractivity (Wildman–Crippen MR) is 57.7 cm³/mol. The number of hydrogen-bond acceptors (Lipinski definition) is 0. The topological polar surface area (TPSA) is 0 Å². The highest BCUT2D eigenvalue weighted by atomic mass is 14.8. The maximum atomic E-state index is 2.57. The molecule has 0 heterocycles. The molecule has 0 amide bonds. The molecule has 0 aromatic carbocycles. The van der Waals surface area contributed by atoms with Crippen molar-refractivity contribution in [2.45, 2.75) is 33.6 Å². The second-order valence-electron chi connectivity index (χ2n) is 7.01. The molecule has 4 aliphatic rings. The molecule has 0 nitrogen and oxygen atoms in total. The van der Waals surface area contributed by atoms with Crippen LogP contribution in [-0.2, 0) is 0 Å². The van der Waals surface area contributed by atoms with Gasteiger partial charge in [0.1, 0.15) is 0 Å². The number of allylic oxidation sites excluding steroid dienone is 2. The monoisotopic (exact) mass is 188 g/mol. The third-order valence-electron chi connectivity index (χ3n) is 6.36. The molecule has 7 atom stereocenters. The third-order valence-corrected chi connectivity index (χ3v) is 6.36. The van der Waals surface area contributed by atoms with Crippen molar-refractivity contribution in [3.8, 4) is 0 Å². The van der Waals surface area contributed by atoms with E-state index in [4.69, 9.17) is 0 Å². The van der Waals surface area contributed by atoms with Crippen molar-refractivity contribution in [2.75, 3.05) is 0 Å². The Labute approximate surface area is 86.8 Å². The lowest BCUT2D eigenvalue weighted by atomic mass is 9.37. The van der Waals surface area contributed by atoms with Gasteiger partial charge in [0.2, 0.25) is 0 Å². The van der Waals surface area contributed by atoms with Crippen molar-refractivity contribution in [1.29, 1.82) is 0 Å². The minimum atomic E-state index is 0.641. The molecule has 0 saturated heterocycles. The highest BCUT2D eigenvalue weighted by Gasteiger charge is 2.74. The highest BCUT2D eigenvalue weighted by Crippen LogP contribution is 2.80. The van der Waals surface area contributed by atoms with Gasteiger partial charge in [-0.25, -0.2) is 0 Å². The molecule has 4 rings (SSSR count). The van der Waals surface area contributed by atoms with E-state index in [1.54, 1.807) is 0 Å². The van der Waals surface area contributed by atoms with Crippen LogP contribution in [0.2, 0.25) is 0 Å². The second kappa shape index (κ2) is 1.86. The average molecular weight is 188 g/mol. The molecule has 0 N–H and O–H groups in total. The van der Waals surface area contributed by atoms with Crippen molar-refractivity contribution in [1.82, 2.24) is 0 Å². The van der Waals surface area contributed by atoms with Crippen molar-refractivity contribution in [2.24, 2.45) is 40.4 Å². The van der Waals surface area contributed by atoms with Gasteiger partial charge in [0.05, 0.1) is 0 Å². The van der Waals surface area contributed by atoms with Gasteiger partial charge < -0.3 is 0 Å². The lowest BCUT2D eigenvalue weighted by Crippen LogP contribution is -2.62. The van der Waals surface area contributed by atoms with E-state index in [9.17, 15) is 0 Å². The summed E-state index contributed by atoms with van der Waals surface area (Å²) in [6.45, 7) is 7.57. The predicted octanol–water partition coefficient (Wildman–Crippen LogP) is 3.49. The molecule has 2 bridgehead atoms. The molecule has 14 heavy (non-hydrogen) atoms. The van der Waals surface area contributed by atoms with Gasteiger partial charge in [0.15, 0.2) is 0 Å². The molecular weight excluding hydrogens is 168 g/mol. The molecule has 0 spiro atoms. The summed E-state index contributed by atoms with van der Waals surface area (Å²) in [5.41, 5.74) is 1.37.